The molecule has 4 aromatic rings. The molecule has 1 N–H and O–H groups in total. The third-order valence-electron chi connectivity index (χ3n) is 7.27. The minimum atomic E-state index is -1.56. The minimum Gasteiger partial charge on any atom is -0.317 e. The molecule has 4 heterocycles. The predicted octanol–water partition coefficient (Wildman–Crippen LogP) is 3.97. The van der Waals surface area contributed by atoms with E-state index in [0.717, 1.165) is 61.3 Å². The van der Waals surface area contributed by atoms with Crippen molar-refractivity contribution >= 4 is 6.21 Å². The van der Waals surface area contributed by atoms with E-state index in [1.54, 1.807) is 0 Å². The molecule has 0 saturated carbocycles. The summed E-state index contributed by atoms with van der Waals surface area (Å²) < 4.78 is 42.0. The molecule has 8 nitrogen and oxygen atoms in total. The Morgan fingerprint density at radius 3 is 2.42 bits per heavy atom. The Balaban J connectivity index is 1.17. The van der Waals surface area contributed by atoms with E-state index >= 15 is 0 Å². The second kappa shape index (κ2) is 11.0. The van der Waals surface area contributed by atoms with Crippen molar-refractivity contribution in [1.82, 2.24) is 30.1 Å². The molecule has 2 aliphatic rings. The Morgan fingerprint density at radius 1 is 0.925 bits per heavy atom. The quantitative estimate of drug-likeness (QED) is 0.369. The van der Waals surface area contributed by atoms with E-state index in [2.05, 4.69) is 30.5 Å². The highest BCUT2D eigenvalue weighted by molar-refractivity contribution is 5.69. The van der Waals surface area contributed by atoms with E-state index < -0.39 is 23.0 Å². The van der Waals surface area contributed by atoms with Crippen molar-refractivity contribution in [3.05, 3.63) is 99.9 Å². The largest absolute Gasteiger partial charge is 0.317 e. The molecular formula is C29H26F3N7O. The first-order chi connectivity index (χ1) is 19.4. The molecule has 1 unspecified atom stereocenters. The molecule has 2 aliphatic heterocycles. The Morgan fingerprint density at radius 2 is 1.68 bits per heavy atom. The summed E-state index contributed by atoms with van der Waals surface area (Å²) in [5.74, 6) is -3.52. The van der Waals surface area contributed by atoms with Crippen LogP contribution < -0.4 is 10.9 Å². The van der Waals surface area contributed by atoms with Crippen LogP contribution in [0, 0.1) is 17.5 Å². The van der Waals surface area contributed by atoms with Gasteiger partial charge in [0.2, 0.25) is 0 Å². The zero-order valence-corrected chi connectivity index (χ0v) is 21.5. The highest BCUT2D eigenvalue weighted by Crippen LogP contribution is 2.26. The maximum Gasteiger partial charge on any atom is 0.267 e. The molecule has 0 aliphatic carbocycles. The fourth-order valence-electron chi connectivity index (χ4n) is 5.08. The normalized spacial score (nSPS) is 17.5. The zero-order valence-electron chi connectivity index (χ0n) is 21.5. The summed E-state index contributed by atoms with van der Waals surface area (Å²) in [4.78, 5) is 21.7. The lowest BCUT2D eigenvalue weighted by molar-refractivity contribution is 0.181. The van der Waals surface area contributed by atoms with Crippen LogP contribution in [-0.2, 0) is 6.54 Å². The lowest BCUT2D eigenvalue weighted by atomic mass is 10.0. The van der Waals surface area contributed by atoms with E-state index in [4.69, 9.17) is 0 Å². The van der Waals surface area contributed by atoms with Gasteiger partial charge in [0.1, 0.15) is 0 Å². The summed E-state index contributed by atoms with van der Waals surface area (Å²) in [6, 6.07) is 12.2. The lowest BCUT2D eigenvalue weighted by Crippen LogP contribution is -2.40. The van der Waals surface area contributed by atoms with Gasteiger partial charge in [0, 0.05) is 54.3 Å². The van der Waals surface area contributed by atoms with Gasteiger partial charge in [-0.05, 0) is 61.3 Å². The fourth-order valence-corrected chi connectivity index (χ4v) is 5.08. The van der Waals surface area contributed by atoms with Crippen molar-refractivity contribution in [2.24, 2.45) is 5.10 Å². The minimum absolute atomic E-state index is 0.0265. The SMILES string of the molecule is O=c1ccc(-c2cc(F)c(F)c(F)c2)nn1Cc1cccc(-c2ncc(C3C=NN(C4CCNCC4)C3)cn2)c1. The first-order valence-electron chi connectivity index (χ1n) is 13.1. The summed E-state index contributed by atoms with van der Waals surface area (Å²) in [6.45, 7) is 2.96. The van der Waals surface area contributed by atoms with Crippen molar-refractivity contribution in [3.63, 3.8) is 0 Å². The number of hydrogen-bond donors (Lipinski definition) is 1. The number of hydrogen-bond acceptors (Lipinski definition) is 7. The van der Waals surface area contributed by atoms with Gasteiger partial charge in [0.05, 0.1) is 12.2 Å². The predicted molar refractivity (Wildman–Crippen MR) is 144 cm³/mol. The van der Waals surface area contributed by atoms with Crippen molar-refractivity contribution < 1.29 is 13.2 Å². The van der Waals surface area contributed by atoms with Crippen molar-refractivity contribution in [2.75, 3.05) is 19.6 Å². The first-order valence-corrected chi connectivity index (χ1v) is 13.1. The Hall–Kier alpha value is -4.38. The molecule has 40 heavy (non-hydrogen) atoms. The molecule has 2 aromatic heterocycles. The van der Waals surface area contributed by atoms with E-state index in [1.807, 2.05) is 42.9 Å². The highest BCUT2D eigenvalue weighted by atomic mass is 19.2. The molecular weight excluding hydrogens is 519 g/mol. The molecule has 204 valence electrons. The van der Waals surface area contributed by atoms with Crippen LogP contribution in [0.15, 0.2) is 70.8 Å². The summed E-state index contributed by atoms with van der Waals surface area (Å²) in [5, 5.41) is 14.4. The number of hydrazone groups is 1. The van der Waals surface area contributed by atoms with Gasteiger partial charge in [-0.1, -0.05) is 18.2 Å². The van der Waals surface area contributed by atoms with Crippen molar-refractivity contribution in [1.29, 1.82) is 0 Å². The standard InChI is InChI=1S/C29H26F3N7O/c30-24-11-20(12-25(31)28(24)32)26-4-5-27(40)39(37-26)16-18-2-1-3-19(10-18)29-34-13-21(14-35-29)22-15-36-38(17-22)23-6-8-33-9-7-23/h1-5,10-15,22-23,33H,6-9,16-17H2. The van der Waals surface area contributed by atoms with Gasteiger partial charge < -0.3 is 5.32 Å². The third-order valence-corrected chi connectivity index (χ3v) is 7.27. The molecule has 0 bridgehead atoms. The number of rotatable bonds is 6. The van der Waals surface area contributed by atoms with Gasteiger partial charge in [0.25, 0.3) is 5.56 Å². The van der Waals surface area contributed by atoms with Gasteiger partial charge in [0.15, 0.2) is 23.3 Å². The molecule has 0 radical (unpaired) electrons. The second-order valence-electron chi connectivity index (χ2n) is 9.98. The average Bonchev–Trinajstić information content (AvgIpc) is 3.48. The van der Waals surface area contributed by atoms with E-state index in [0.29, 0.717) is 11.9 Å². The molecule has 1 saturated heterocycles. The van der Waals surface area contributed by atoms with E-state index in [1.165, 1.54) is 16.8 Å². The molecule has 11 heteroatoms. The molecule has 0 amide bonds. The first kappa shape index (κ1) is 25.9. The topological polar surface area (TPSA) is 88.3 Å². The van der Waals surface area contributed by atoms with Crippen LogP contribution in [0.2, 0.25) is 0 Å². The van der Waals surface area contributed by atoms with Gasteiger partial charge in [-0.3, -0.25) is 9.80 Å². The van der Waals surface area contributed by atoms with Crippen LogP contribution in [0.25, 0.3) is 22.6 Å². The van der Waals surface area contributed by atoms with Crippen LogP contribution in [0.5, 0.6) is 0 Å². The summed E-state index contributed by atoms with van der Waals surface area (Å²) in [6.07, 6.45) is 7.80. The van der Waals surface area contributed by atoms with Crippen molar-refractivity contribution in [3.8, 4) is 22.6 Å². The monoisotopic (exact) mass is 545 g/mol. The van der Waals surface area contributed by atoms with E-state index in [-0.39, 0.29) is 23.7 Å². The van der Waals surface area contributed by atoms with Crippen LogP contribution in [0.1, 0.15) is 29.9 Å². The van der Waals surface area contributed by atoms with E-state index in [9.17, 15) is 18.0 Å². The number of benzene rings is 2. The summed E-state index contributed by atoms with van der Waals surface area (Å²) in [5.41, 5.74) is 2.30. The highest BCUT2D eigenvalue weighted by Gasteiger charge is 2.27. The maximum absolute atomic E-state index is 13.7. The van der Waals surface area contributed by atoms with Gasteiger partial charge in [-0.15, -0.1) is 0 Å². The molecule has 6 rings (SSSR count). The number of aromatic nitrogens is 4. The average molecular weight is 546 g/mol. The van der Waals surface area contributed by atoms with Crippen LogP contribution >= 0.6 is 0 Å². The molecule has 0 spiro atoms. The van der Waals surface area contributed by atoms with Gasteiger partial charge in [-0.25, -0.2) is 27.8 Å². The van der Waals surface area contributed by atoms with Crippen LogP contribution in [-0.4, -0.2) is 56.6 Å². The fraction of sp³-hybridized carbons (Fsp3) is 0.276. The van der Waals surface area contributed by atoms with Crippen LogP contribution in [0.3, 0.4) is 0 Å². The third kappa shape index (κ3) is 5.37. The Bertz CT molecular complexity index is 1590. The van der Waals surface area contributed by atoms with Gasteiger partial charge in [-0.2, -0.15) is 10.2 Å². The molecule has 2 aromatic carbocycles. The smallest absolute Gasteiger partial charge is 0.267 e. The number of nitrogens with one attached hydrogen (secondary N) is 1. The summed E-state index contributed by atoms with van der Waals surface area (Å²) >= 11 is 0. The zero-order chi connectivity index (χ0) is 27.6. The maximum atomic E-state index is 13.7. The summed E-state index contributed by atoms with van der Waals surface area (Å²) in [7, 11) is 0. The number of halogens is 3. The van der Waals surface area contributed by atoms with Crippen molar-refractivity contribution in [2.45, 2.75) is 31.3 Å². The second-order valence-corrected chi connectivity index (χ2v) is 9.98. The van der Waals surface area contributed by atoms with Crippen LogP contribution in [0.4, 0.5) is 13.2 Å². The number of nitrogens with zero attached hydrogens (tertiary/aromatic N) is 6. The Kier molecular flexibility index (Phi) is 7.12. The molecule has 1 fully saturated rings. The number of piperidine rings is 1. The van der Waals surface area contributed by atoms with Gasteiger partial charge >= 0.3 is 0 Å². The lowest BCUT2D eigenvalue weighted by Gasteiger charge is -2.30. The Labute approximate surface area is 228 Å². The molecule has 1 atom stereocenters.